The Balaban J connectivity index is 0.000000186. The van der Waals surface area contributed by atoms with E-state index in [1.54, 1.807) is 37.7 Å². The normalized spacial score (nSPS) is 20.6. The van der Waals surface area contributed by atoms with Crippen molar-refractivity contribution in [2.24, 2.45) is 0 Å². The molecule has 11 nitrogen and oxygen atoms in total. The number of aromatic nitrogens is 7. The molecule has 2 fully saturated rings. The largest absolute Gasteiger partial charge is 0.497 e. The Morgan fingerprint density at radius 2 is 1.49 bits per heavy atom. The van der Waals surface area contributed by atoms with Gasteiger partial charge in [-0.3, -0.25) is 4.79 Å². The molecular formula is C36H39Cl2N9O2. The first-order valence-corrected chi connectivity index (χ1v) is 17.2. The van der Waals surface area contributed by atoms with E-state index in [0.29, 0.717) is 28.6 Å². The molecule has 0 radical (unpaired) electrons. The summed E-state index contributed by atoms with van der Waals surface area (Å²) in [6.07, 6.45) is 7.16. The van der Waals surface area contributed by atoms with Gasteiger partial charge in [-0.2, -0.15) is 15.0 Å². The lowest BCUT2D eigenvalue weighted by atomic mass is 9.97. The average molecular weight is 701 g/mol. The van der Waals surface area contributed by atoms with E-state index in [2.05, 4.69) is 39.3 Å². The minimum Gasteiger partial charge on any atom is -0.497 e. The highest BCUT2D eigenvalue weighted by Crippen LogP contribution is 2.40. The van der Waals surface area contributed by atoms with Crippen LogP contribution in [-0.2, 0) is 11.1 Å². The maximum absolute atomic E-state index is 13.9. The van der Waals surface area contributed by atoms with Crippen molar-refractivity contribution in [3.05, 3.63) is 93.2 Å². The number of nitrogens with one attached hydrogen (secondary N) is 3. The quantitative estimate of drug-likeness (QED) is 0.171. The fourth-order valence-corrected chi connectivity index (χ4v) is 7.30. The second kappa shape index (κ2) is 12.8. The zero-order valence-electron chi connectivity index (χ0n) is 28.2. The Labute approximate surface area is 294 Å². The van der Waals surface area contributed by atoms with Gasteiger partial charge in [0.15, 0.2) is 0 Å². The van der Waals surface area contributed by atoms with Crippen LogP contribution in [-0.4, -0.2) is 65.9 Å². The summed E-state index contributed by atoms with van der Waals surface area (Å²) in [6.45, 7) is 9.91. The number of rotatable bonds is 5. The number of benzene rings is 3. The highest BCUT2D eigenvalue weighted by molar-refractivity contribution is 6.32. The number of fused-ring (bicyclic) bond motifs is 2. The molecule has 6 aromatic rings. The zero-order valence-corrected chi connectivity index (χ0v) is 29.7. The van der Waals surface area contributed by atoms with Gasteiger partial charge in [0, 0.05) is 16.6 Å². The molecule has 3 aromatic heterocycles. The molecule has 2 aliphatic heterocycles. The molecule has 254 valence electrons. The predicted octanol–water partition coefficient (Wildman–Crippen LogP) is 7.39. The molecule has 2 saturated heterocycles. The number of carbonyl (C=O) groups is 1. The number of hydrogen-bond donors (Lipinski definition) is 3. The second-order valence-electron chi connectivity index (χ2n) is 13.2. The van der Waals surface area contributed by atoms with E-state index >= 15 is 0 Å². The Kier molecular flexibility index (Phi) is 8.62. The minimum absolute atomic E-state index is 0.0159. The Bertz CT molecular complexity index is 2170. The van der Waals surface area contributed by atoms with Crippen LogP contribution in [0.1, 0.15) is 72.7 Å². The molecule has 0 aliphatic carbocycles. The summed E-state index contributed by atoms with van der Waals surface area (Å²) in [5, 5.41) is 13.4. The molecule has 0 spiro atoms. The van der Waals surface area contributed by atoms with Gasteiger partial charge in [-0.15, -0.1) is 0 Å². The first-order valence-electron chi connectivity index (χ1n) is 16.4. The Morgan fingerprint density at radius 3 is 2.10 bits per heavy atom. The molecular weight excluding hydrogens is 661 g/mol. The number of carbonyl (C=O) groups excluding carboxylic acids is 1. The van der Waals surface area contributed by atoms with Gasteiger partial charge in [0.05, 0.1) is 63.9 Å². The van der Waals surface area contributed by atoms with Crippen LogP contribution in [0.4, 0.5) is 0 Å². The molecule has 49 heavy (non-hydrogen) atoms. The lowest BCUT2D eigenvalue weighted by Gasteiger charge is -2.34. The molecule has 0 saturated carbocycles. The molecule has 0 bridgehead atoms. The van der Waals surface area contributed by atoms with E-state index in [-0.39, 0.29) is 11.4 Å². The molecule has 2 atom stereocenters. The van der Waals surface area contributed by atoms with Crippen LogP contribution >= 0.6 is 23.2 Å². The number of nitrogens with zero attached hydrogens (tertiary/aromatic N) is 6. The molecule has 3 aromatic carbocycles. The van der Waals surface area contributed by atoms with Crippen LogP contribution in [0.15, 0.2) is 54.9 Å². The van der Waals surface area contributed by atoms with E-state index < -0.39 is 5.54 Å². The van der Waals surface area contributed by atoms with Crippen LogP contribution in [0.3, 0.4) is 0 Å². The van der Waals surface area contributed by atoms with E-state index in [9.17, 15) is 4.79 Å². The maximum atomic E-state index is 13.9. The van der Waals surface area contributed by atoms with Crippen molar-refractivity contribution in [1.29, 1.82) is 0 Å². The fraction of sp³-hybridized carbons (Fsp3) is 0.361. The second-order valence-corrected chi connectivity index (χ2v) is 14.0. The monoisotopic (exact) mass is 699 g/mol. The number of hydrogen-bond acceptors (Lipinski definition) is 7. The third-order valence-electron chi connectivity index (χ3n) is 10.0. The number of imidazole rings is 2. The number of aromatic amines is 2. The lowest BCUT2D eigenvalue weighted by Crippen LogP contribution is -2.44. The summed E-state index contributed by atoms with van der Waals surface area (Å²) in [4.78, 5) is 33.7. The number of methoxy groups -OCH3 is 1. The lowest BCUT2D eigenvalue weighted by molar-refractivity contribution is 0.0605. The van der Waals surface area contributed by atoms with Crippen molar-refractivity contribution in [3.8, 4) is 11.4 Å². The van der Waals surface area contributed by atoms with E-state index in [4.69, 9.17) is 37.9 Å². The maximum Gasteiger partial charge on any atom is 0.257 e. The summed E-state index contributed by atoms with van der Waals surface area (Å²) in [5.74, 6) is 2.26. The predicted molar refractivity (Wildman–Crippen MR) is 192 cm³/mol. The van der Waals surface area contributed by atoms with Crippen LogP contribution < -0.4 is 10.1 Å². The van der Waals surface area contributed by atoms with Gasteiger partial charge < -0.3 is 24.9 Å². The molecule has 13 heteroatoms. The smallest absolute Gasteiger partial charge is 0.257 e. The van der Waals surface area contributed by atoms with Crippen molar-refractivity contribution in [1.82, 2.24) is 45.1 Å². The van der Waals surface area contributed by atoms with Gasteiger partial charge in [0.1, 0.15) is 17.4 Å². The van der Waals surface area contributed by atoms with Gasteiger partial charge in [-0.05, 0) is 114 Å². The van der Waals surface area contributed by atoms with Crippen LogP contribution in [0.5, 0.6) is 5.75 Å². The van der Waals surface area contributed by atoms with Crippen molar-refractivity contribution < 1.29 is 9.53 Å². The van der Waals surface area contributed by atoms with Gasteiger partial charge >= 0.3 is 0 Å². The number of aryl methyl sites for hydroxylation is 2. The summed E-state index contributed by atoms with van der Waals surface area (Å²) < 4.78 is 5.39. The summed E-state index contributed by atoms with van der Waals surface area (Å²) in [7, 11) is 1.58. The fourth-order valence-electron chi connectivity index (χ4n) is 7.00. The van der Waals surface area contributed by atoms with Gasteiger partial charge in [0.2, 0.25) is 0 Å². The zero-order chi connectivity index (χ0) is 34.5. The van der Waals surface area contributed by atoms with Crippen molar-refractivity contribution in [2.45, 2.75) is 64.5 Å². The van der Waals surface area contributed by atoms with Crippen molar-refractivity contribution in [3.63, 3.8) is 0 Å². The Morgan fingerprint density at radius 1 is 0.857 bits per heavy atom. The van der Waals surface area contributed by atoms with Crippen molar-refractivity contribution >= 4 is 51.2 Å². The van der Waals surface area contributed by atoms with E-state index in [0.717, 1.165) is 75.7 Å². The van der Waals surface area contributed by atoms with Crippen LogP contribution in [0.2, 0.25) is 10.0 Å². The van der Waals surface area contributed by atoms with E-state index in [1.807, 2.05) is 43.0 Å². The molecule has 0 unspecified atom stereocenters. The number of amides is 1. The summed E-state index contributed by atoms with van der Waals surface area (Å²) >= 11 is 12.4. The number of halogens is 2. The number of likely N-dealkylation sites (tertiary alicyclic amines) is 1. The highest BCUT2D eigenvalue weighted by atomic mass is 35.5. The van der Waals surface area contributed by atoms with E-state index in [1.165, 1.54) is 11.2 Å². The number of H-pyrrole nitrogens is 2. The molecule has 2 aliphatic rings. The number of ether oxygens (including phenoxy) is 1. The Hall–Kier alpha value is -4.45. The van der Waals surface area contributed by atoms with Crippen LogP contribution in [0, 0.1) is 13.8 Å². The minimum atomic E-state index is -0.590. The highest BCUT2D eigenvalue weighted by Gasteiger charge is 2.44. The van der Waals surface area contributed by atoms with Gasteiger partial charge in [-0.25, -0.2) is 9.97 Å². The molecule has 3 N–H and O–H groups in total. The summed E-state index contributed by atoms with van der Waals surface area (Å²) in [6, 6.07) is 13.0. The summed E-state index contributed by atoms with van der Waals surface area (Å²) in [5.41, 5.74) is 6.23. The first kappa shape index (κ1) is 33.1. The van der Waals surface area contributed by atoms with Crippen LogP contribution in [0.25, 0.3) is 27.8 Å². The van der Waals surface area contributed by atoms with Crippen molar-refractivity contribution in [2.75, 3.05) is 20.2 Å². The SMILES string of the molecule is COc1ccc(-n2nccn2)c(C(=O)N2CCC[C@@]2(C)c2nc3c(C)c(Cl)ccc3[nH]2)c1.Cc1c(Cl)ccc2[nH]c([C@]3(C)CCCN3)nc12. The first-order chi connectivity index (χ1) is 23.5. The van der Waals surface area contributed by atoms with Gasteiger partial charge in [0.25, 0.3) is 5.91 Å². The standard InChI is InChI=1S/C23H23ClN6O2.C13H16ClN3/c1-14-17(24)6-7-18-20(14)28-22(27-18)23(2)9-4-12-29(23)21(31)16-13-15(32-3)5-8-19(16)30-25-10-11-26-30;1-8-9(14)4-5-10-11(8)17-12(16-10)13(2)6-3-7-15-13/h5-8,10-11,13H,4,9,12H2,1-3H3,(H,27,28);4-5,15H,3,6-7H2,1-2H3,(H,16,17)/t23-;13-/m00/s1. The molecule has 1 amide bonds. The molecule has 8 rings (SSSR count). The topological polar surface area (TPSA) is 130 Å². The average Bonchev–Trinajstić information content (AvgIpc) is 3.95. The third kappa shape index (κ3) is 5.83. The third-order valence-corrected chi connectivity index (χ3v) is 10.9. The molecule has 5 heterocycles. The van der Waals surface area contributed by atoms with Gasteiger partial charge in [-0.1, -0.05) is 23.2 Å².